The summed E-state index contributed by atoms with van der Waals surface area (Å²) in [5.41, 5.74) is 0.268. The lowest BCUT2D eigenvalue weighted by atomic mass is 9.92. The lowest BCUT2D eigenvalue weighted by Crippen LogP contribution is -2.56. The second-order valence-corrected chi connectivity index (χ2v) is 13.9. The molecule has 0 saturated carbocycles. The predicted molar refractivity (Wildman–Crippen MR) is 185 cm³/mol. The Labute approximate surface area is 285 Å². The van der Waals surface area contributed by atoms with Crippen LogP contribution in [-0.4, -0.2) is 89.5 Å². The first-order valence-electron chi connectivity index (χ1n) is 16.9. The molecule has 0 bridgehead atoms. The highest BCUT2D eigenvalue weighted by Crippen LogP contribution is 2.35. The lowest BCUT2D eigenvalue weighted by molar-refractivity contribution is -0.488. The number of esters is 2. The van der Waals surface area contributed by atoms with Gasteiger partial charge in [-0.15, -0.1) is 0 Å². The minimum Gasteiger partial charge on any atom is -0.478 e. The first-order chi connectivity index (χ1) is 22.1. The van der Waals surface area contributed by atoms with Crippen molar-refractivity contribution in [3.05, 3.63) is 22.0 Å². The predicted octanol–water partition coefficient (Wildman–Crippen LogP) is 5.52. The fourth-order valence-corrected chi connectivity index (χ4v) is 6.36. The van der Waals surface area contributed by atoms with Gasteiger partial charge in [-0.05, 0) is 48.8 Å². The third kappa shape index (κ3) is 15.1. The molecule has 47 heavy (non-hydrogen) atoms. The Hall–Kier alpha value is -3.15. The van der Waals surface area contributed by atoms with E-state index in [0.717, 1.165) is 19.4 Å². The number of carboxylic acid groups (broad SMARTS) is 1. The number of amides is 2. The van der Waals surface area contributed by atoms with Gasteiger partial charge in [0, 0.05) is 49.1 Å². The molecule has 266 valence electrons. The second-order valence-electron chi connectivity index (χ2n) is 12.9. The average Bonchev–Trinajstić information content (AvgIpc) is 3.19. The van der Waals surface area contributed by atoms with E-state index in [4.69, 9.17) is 9.47 Å². The average molecular weight is 681 g/mol. The number of thioether (sulfide) groups is 1. The smallest absolute Gasteiger partial charge is 0.332 e. The third-order valence-electron chi connectivity index (χ3n) is 8.36. The van der Waals surface area contributed by atoms with Crippen LogP contribution in [0.1, 0.15) is 106 Å². The van der Waals surface area contributed by atoms with Crippen LogP contribution < -0.4 is 5.32 Å². The van der Waals surface area contributed by atoms with E-state index in [2.05, 4.69) is 12.0 Å². The number of allylic oxidation sites excluding steroid dienone is 1. The van der Waals surface area contributed by atoms with Crippen molar-refractivity contribution in [1.82, 2.24) is 10.2 Å². The number of carbonyl (C=O) groups excluding carboxylic acids is 4. The van der Waals surface area contributed by atoms with E-state index in [-0.39, 0.29) is 61.1 Å². The van der Waals surface area contributed by atoms with Crippen molar-refractivity contribution in [3.8, 4) is 0 Å². The molecule has 0 spiro atoms. The van der Waals surface area contributed by atoms with E-state index in [9.17, 15) is 29.1 Å². The van der Waals surface area contributed by atoms with Gasteiger partial charge < -0.3 is 24.8 Å². The van der Waals surface area contributed by atoms with Crippen molar-refractivity contribution in [2.75, 3.05) is 20.3 Å². The van der Waals surface area contributed by atoms with E-state index in [0.29, 0.717) is 30.6 Å². The van der Waals surface area contributed by atoms with Crippen molar-refractivity contribution in [1.29, 1.82) is 0 Å². The van der Waals surface area contributed by atoms with Gasteiger partial charge in [0.2, 0.25) is 11.8 Å². The van der Waals surface area contributed by atoms with Gasteiger partial charge in [-0.2, -0.15) is 0 Å². The molecule has 1 heterocycles. The van der Waals surface area contributed by atoms with Gasteiger partial charge in [-0.3, -0.25) is 19.2 Å². The summed E-state index contributed by atoms with van der Waals surface area (Å²) in [7, 11) is 1.90. The fraction of sp³-hybridized carbons (Fsp3) is 0.714. The van der Waals surface area contributed by atoms with Crippen LogP contribution in [0.25, 0.3) is 0 Å². The number of ether oxygens (including phenoxy) is 2. The van der Waals surface area contributed by atoms with Crippen molar-refractivity contribution < 1.29 is 43.1 Å². The molecule has 1 aliphatic rings. The molecule has 0 fully saturated rings. The summed E-state index contributed by atoms with van der Waals surface area (Å²) in [6.07, 6.45) is 5.87. The molecule has 0 aromatic rings. The maximum absolute atomic E-state index is 14.4. The Kier molecular flexibility index (Phi) is 19.3. The number of aliphatic carboxylic acids is 1. The van der Waals surface area contributed by atoms with Gasteiger partial charge in [-0.25, -0.2) is 9.37 Å². The quantitative estimate of drug-likeness (QED) is 0.0527. The maximum Gasteiger partial charge on any atom is 0.332 e. The lowest BCUT2D eigenvalue weighted by Gasteiger charge is -2.39. The number of carbonyl (C=O) groups is 5. The molecule has 11 nitrogen and oxygen atoms in total. The topological polar surface area (TPSA) is 142 Å². The number of rotatable bonds is 21. The summed E-state index contributed by atoms with van der Waals surface area (Å²) >= 11 is 1.20. The zero-order valence-electron chi connectivity index (χ0n) is 29.7. The number of nitrogens with zero attached hydrogens (tertiary/aromatic N) is 2. The third-order valence-corrected chi connectivity index (χ3v) is 9.44. The van der Waals surface area contributed by atoms with Gasteiger partial charge >= 0.3 is 17.9 Å². The summed E-state index contributed by atoms with van der Waals surface area (Å²) in [5, 5.41) is 14.2. The molecule has 12 heteroatoms. The van der Waals surface area contributed by atoms with Crippen LogP contribution in [0.4, 0.5) is 0 Å². The highest BCUT2D eigenvalue weighted by Gasteiger charge is 2.38. The molecule has 5 atom stereocenters. The summed E-state index contributed by atoms with van der Waals surface area (Å²) in [6.45, 7) is 17.1. The fourth-order valence-electron chi connectivity index (χ4n) is 5.28. The van der Waals surface area contributed by atoms with Gasteiger partial charge in [-0.1, -0.05) is 65.8 Å². The summed E-state index contributed by atoms with van der Waals surface area (Å²) < 4.78 is 13.3. The van der Waals surface area contributed by atoms with Crippen molar-refractivity contribution in [3.63, 3.8) is 0 Å². The van der Waals surface area contributed by atoms with E-state index in [1.165, 1.54) is 23.6 Å². The first kappa shape index (κ1) is 41.9. The number of unbranched alkanes of at least 4 members (excludes halogenated alkanes) is 2. The van der Waals surface area contributed by atoms with Crippen LogP contribution in [0.5, 0.6) is 0 Å². The molecule has 2 N–H and O–H groups in total. The van der Waals surface area contributed by atoms with Crippen LogP contribution in [0, 0.1) is 17.8 Å². The largest absolute Gasteiger partial charge is 0.478 e. The first-order valence-corrected chi connectivity index (χ1v) is 17.7. The van der Waals surface area contributed by atoms with Crippen LogP contribution >= 0.6 is 11.8 Å². The van der Waals surface area contributed by atoms with Crippen LogP contribution in [0.2, 0.25) is 0 Å². The van der Waals surface area contributed by atoms with Gasteiger partial charge in [0.15, 0.2) is 6.73 Å². The van der Waals surface area contributed by atoms with E-state index in [1.54, 1.807) is 5.41 Å². The Bertz CT molecular complexity index is 1150. The minimum atomic E-state index is -1.00. The molecule has 0 aliphatic carbocycles. The molecule has 5 unspecified atom stereocenters. The highest BCUT2D eigenvalue weighted by molar-refractivity contribution is 8.05. The highest BCUT2D eigenvalue weighted by atomic mass is 32.2. The van der Waals surface area contributed by atoms with E-state index in [1.807, 2.05) is 59.2 Å². The number of nitrogens with one attached hydrogen (secondary N) is 1. The zero-order chi connectivity index (χ0) is 35.7. The normalized spacial score (nSPS) is 17.3. The Morgan fingerprint density at radius 3 is 2.36 bits per heavy atom. The molecule has 2 amide bonds. The van der Waals surface area contributed by atoms with Crippen molar-refractivity contribution in [2.24, 2.45) is 17.8 Å². The molecule has 0 saturated heterocycles. The van der Waals surface area contributed by atoms with Crippen molar-refractivity contribution in [2.45, 2.75) is 124 Å². The van der Waals surface area contributed by atoms with E-state index >= 15 is 0 Å². The Morgan fingerprint density at radius 2 is 1.81 bits per heavy atom. The summed E-state index contributed by atoms with van der Waals surface area (Å²) in [5.74, 6) is -3.17. The Balaban J connectivity index is 3.44. The minimum absolute atomic E-state index is 0.165. The monoisotopic (exact) mass is 680 g/mol. The van der Waals surface area contributed by atoms with Gasteiger partial charge in [0.25, 0.3) is 0 Å². The molecular weight excluding hydrogens is 622 g/mol. The second kappa shape index (κ2) is 21.7. The molecule has 0 radical (unpaired) electrons. The zero-order valence-corrected chi connectivity index (χ0v) is 30.5. The maximum atomic E-state index is 14.4. The Morgan fingerprint density at radius 1 is 1.13 bits per heavy atom. The molecule has 1 rings (SSSR count). The van der Waals surface area contributed by atoms with Crippen molar-refractivity contribution >= 4 is 48.2 Å². The summed E-state index contributed by atoms with van der Waals surface area (Å²) in [4.78, 5) is 66.3. The molecular formula is C35H58N3O8S+. The standard InChI is InChI=1S/C35H57N3O8S/c1-10-15-32(41)45-22-38(34(42)33(24(5)11-2)36-31(40)16-13-12-14-19-37(8)9)28(23(3)4)20-29(46-26(7)39)30-18-17-25(6)27(21-47-30)35(43)44/h18,21,23-25,28-29,33H,8,10-17,19-20,22H2,1-7,9H3,(H-,36,40,43,44)/p+1. The van der Waals surface area contributed by atoms with Crippen LogP contribution in [0.15, 0.2) is 22.0 Å². The molecule has 0 aromatic heterocycles. The van der Waals surface area contributed by atoms with Crippen LogP contribution in [0.3, 0.4) is 0 Å². The SMILES string of the molecule is C=[N+](C)CCCCCC(=O)NC(C(=O)N(COC(=O)CCC)C(CC(OC(C)=O)C1=CCC(C)C(C(=O)O)=CS1)C(C)C)C(C)CC. The summed E-state index contributed by atoms with van der Waals surface area (Å²) in [6, 6.07) is -1.42. The van der Waals surface area contributed by atoms with Gasteiger partial charge in [0.1, 0.15) is 32.5 Å². The number of hydrogen-bond donors (Lipinski definition) is 2. The molecule has 0 aromatic carbocycles. The molecule has 1 aliphatic heterocycles. The van der Waals surface area contributed by atoms with Crippen LogP contribution in [-0.2, 0) is 33.4 Å². The number of carboxylic acids is 1. The van der Waals surface area contributed by atoms with E-state index < -0.39 is 36.1 Å². The van der Waals surface area contributed by atoms with Gasteiger partial charge in [0.05, 0.1) is 0 Å². The number of hydrogen-bond acceptors (Lipinski definition) is 8.